The van der Waals surface area contributed by atoms with Crippen molar-refractivity contribution in [2.24, 2.45) is 10.3 Å². The Morgan fingerprint density at radius 1 is 1.29 bits per heavy atom. The first kappa shape index (κ1) is 17.5. The van der Waals surface area contributed by atoms with E-state index in [2.05, 4.69) is 15.8 Å². The van der Waals surface area contributed by atoms with Gasteiger partial charge in [-0.2, -0.15) is 5.26 Å². The van der Waals surface area contributed by atoms with Gasteiger partial charge in [0, 0.05) is 12.1 Å². The van der Waals surface area contributed by atoms with Crippen LogP contribution in [0.3, 0.4) is 0 Å². The first-order valence-electron chi connectivity index (χ1n) is 6.95. The molecular formula is C16H14ClFN4O2. The number of hydrogen-bond acceptors (Lipinski definition) is 5. The minimum atomic E-state index is -0.526. The van der Waals surface area contributed by atoms with Crippen molar-refractivity contribution in [3.05, 3.63) is 46.7 Å². The van der Waals surface area contributed by atoms with Crippen molar-refractivity contribution in [2.75, 3.05) is 19.1 Å². The molecular weight excluding hydrogens is 335 g/mol. The quantitative estimate of drug-likeness (QED) is 0.596. The molecule has 2 aromatic carbocycles. The number of methoxy groups -OCH3 is 1. The SMILES string of the molecule is CCOc1cc(N=NNc2ccc(F)c(Cl)c2)c(C#N)cc1OC. The van der Waals surface area contributed by atoms with E-state index in [4.69, 9.17) is 21.1 Å². The minimum absolute atomic E-state index is 0.0315. The van der Waals surface area contributed by atoms with E-state index in [1.165, 1.54) is 31.4 Å². The Bertz CT molecular complexity index is 805. The van der Waals surface area contributed by atoms with Crippen LogP contribution >= 0.6 is 11.6 Å². The van der Waals surface area contributed by atoms with E-state index in [0.29, 0.717) is 29.5 Å². The average Bonchev–Trinajstić information content (AvgIpc) is 2.58. The number of ether oxygens (including phenoxy) is 2. The van der Waals surface area contributed by atoms with Crippen molar-refractivity contribution < 1.29 is 13.9 Å². The average molecular weight is 349 g/mol. The molecule has 0 aliphatic carbocycles. The van der Waals surface area contributed by atoms with Gasteiger partial charge in [-0.25, -0.2) is 4.39 Å². The second-order valence-electron chi connectivity index (χ2n) is 4.51. The molecule has 2 aromatic rings. The lowest BCUT2D eigenvalue weighted by atomic mass is 10.2. The molecule has 0 spiro atoms. The molecule has 0 bridgehead atoms. The smallest absolute Gasteiger partial charge is 0.163 e. The summed E-state index contributed by atoms with van der Waals surface area (Å²) in [5.74, 6) is 0.367. The van der Waals surface area contributed by atoms with Crippen LogP contribution in [0.4, 0.5) is 15.8 Å². The molecule has 0 radical (unpaired) electrons. The van der Waals surface area contributed by atoms with Crippen LogP contribution in [0, 0.1) is 17.1 Å². The molecule has 0 saturated heterocycles. The normalized spacial score (nSPS) is 10.5. The number of anilines is 1. The van der Waals surface area contributed by atoms with Gasteiger partial charge in [-0.3, -0.25) is 5.43 Å². The number of nitrogens with one attached hydrogen (secondary N) is 1. The molecule has 0 aliphatic heterocycles. The summed E-state index contributed by atoms with van der Waals surface area (Å²) >= 11 is 5.69. The van der Waals surface area contributed by atoms with Gasteiger partial charge in [-0.05, 0) is 25.1 Å². The van der Waals surface area contributed by atoms with Gasteiger partial charge in [0.1, 0.15) is 17.6 Å². The topological polar surface area (TPSA) is 79.0 Å². The first-order chi connectivity index (χ1) is 11.6. The van der Waals surface area contributed by atoms with Gasteiger partial charge in [0.05, 0.1) is 30.0 Å². The molecule has 0 unspecified atom stereocenters. The maximum absolute atomic E-state index is 13.1. The van der Waals surface area contributed by atoms with Gasteiger partial charge in [0.15, 0.2) is 11.5 Å². The minimum Gasteiger partial charge on any atom is -0.493 e. The van der Waals surface area contributed by atoms with E-state index < -0.39 is 5.82 Å². The van der Waals surface area contributed by atoms with E-state index in [1.807, 2.05) is 13.0 Å². The number of rotatable bonds is 6. The molecule has 0 aliphatic rings. The van der Waals surface area contributed by atoms with E-state index >= 15 is 0 Å². The Morgan fingerprint density at radius 3 is 2.71 bits per heavy atom. The lowest BCUT2D eigenvalue weighted by Gasteiger charge is -2.10. The summed E-state index contributed by atoms with van der Waals surface area (Å²) in [4.78, 5) is 0. The molecule has 0 heterocycles. The molecule has 0 saturated carbocycles. The van der Waals surface area contributed by atoms with Gasteiger partial charge in [-0.15, -0.1) is 5.11 Å². The van der Waals surface area contributed by atoms with Crippen molar-refractivity contribution >= 4 is 23.0 Å². The highest BCUT2D eigenvalue weighted by atomic mass is 35.5. The third kappa shape index (κ3) is 4.12. The molecule has 2 rings (SSSR count). The van der Waals surface area contributed by atoms with Crippen LogP contribution in [0.1, 0.15) is 12.5 Å². The Morgan fingerprint density at radius 2 is 2.08 bits per heavy atom. The summed E-state index contributed by atoms with van der Waals surface area (Å²) in [5.41, 5.74) is 3.66. The van der Waals surface area contributed by atoms with Crippen LogP contribution < -0.4 is 14.9 Å². The van der Waals surface area contributed by atoms with Crippen LogP contribution in [-0.4, -0.2) is 13.7 Å². The van der Waals surface area contributed by atoms with Crippen LogP contribution in [-0.2, 0) is 0 Å². The first-order valence-corrected chi connectivity index (χ1v) is 7.33. The van der Waals surface area contributed by atoms with Gasteiger partial charge in [0.25, 0.3) is 0 Å². The monoisotopic (exact) mass is 348 g/mol. The molecule has 24 heavy (non-hydrogen) atoms. The number of benzene rings is 2. The highest BCUT2D eigenvalue weighted by Gasteiger charge is 2.11. The molecule has 8 heteroatoms. The van der Waals surface area contributed by atoms with E-state index in [9.17, 15) is 9.65 Å². The van der Waals surface area contributed by atoms with Gasteiger partial charge in [0.2, 0.25) is 0 Å². The Hall–Kier alpha value is -2.85. The second kappa shape index (κ2) is 8.13. The molecule has 124 valence electrons. The van der Waals surface area contributed by atoms with Crippen LogP contribution in [0.25, 0.3) is 0 Å². The highest BCUT2D eigenvalue weighted by Crippen LogP contribution is 2.35. The molecule has 6 nitrogen and oxygen atoms in total. The predicted octanol–water partition coefficient (Wildman–Crippen LogP) is 4.87. The Balaban J connectivity index is 2.25. The number of nitrogens with zero attached hydrogens (tertiary/aromatic N) is 3. The third-order valence-electron chi connectivity index (χ3n) is 2.96. The predicted molar refractivity (Wildman–Crippen MR) is 88.4 cm³/mol. The van der Waals surface area contributed by atoms with Gasteiger partial charge >= 0.3 is 0 Å². The molecule has 1 N–H and O–H groups in total. The van der Waals surface area contributed by atoms with E-state index in [-0.39, 0.29) is 10.6 Å². The molecule has 0 aromatic heterocycles. The van der Waals surface area contributed by atoms with E-state index in [1.54, 1.807) is 6.07 Å². The highest BCUT2D eigenvalue weighted by molar-refractivity contribution is 6.31. The zero-order valence-electron chi connectivity index (χ0n) is 13.0. The summed E-state index contributed by atoms with van der Waals surface area (Å²) < 4.78 is 23.7. The molecule has 0 atom stereocenters. The van der Waals surface area contributed by atoms with Crippen molar-refractivity contribution in [2.45, 2.75) is 6.92 Å². The maximum atomic E-state index is 13.1. The lowest BCUT2D eigenvalue weighted by molar-refractivity contribution is 0.311. The second-order valence-corrected chi connectivity index (χ2v) is 4.91. The van der Waals surface area contributed by atoms with Gasteiger partial charge < -0.3 is 9.47 Å². The number of hydrogen-bond donors (Lipinski definition) is 1. The van der Waals surface area contributed by atoms with Crippen LogP contribution in [0.5, 0.6) is 11.5 Å². The van der Waals surface area contributed by atoms with Crippen molar-refractivity contribution in [1.29, 1.82) is 5.26 Å². The van der Waals surface area contributed by atoms with Crippen molar-refractivity contribution in [3.8, 4) is 17.6 Å². The fraction of sp³-hybridized carbons (Fsp3) is 0.188. The Labute approximate surface area is 143 Å². The zero-order chi connectivity index (χ0) is 17.5. The van der Waals surface area contributed by atoms with Crippen LogP contribution in [0.15, 0.2) is 40.7 Å². The van der Waals surface area contributed by atoms with Crippen molar-refractivity contribution in [1.82, 2.24) is 0 Å². The molecule has 0 amide bonds. The summed E-state index contributed by atoms with van der Waals surface area (Å²) in [6.07, 6.45) is 0. The fourth-order valence-electron chi connectivity index (χ4n) is 1.85. The fourth-order valence-corrected chi connectivity index (χ4v) is 2.03. The number of halogens is 2. The van der Waals surface area contributed by atoms with Crippen LogP contribution in [0.2, 0.25) is 5.02 Å². The lowest BCUT2D eigenvalue weighted by Crippen LogP contribution is -1.96. The van der Waals surface area contributed by atoms with E-state index in [0.717, 1.165) is 0 Å². The van der Waals surface area contributed by atoms with Crippen molar-refractivity contribution in [3.63, 3.8) is 0 Å². The number of nitriles is 1. The summed E-state index contributed by atoms with van der Waals surface area (Å²) in [5, 5.41) is 16.9. The molecule has 0 fully saturated rings. The summed E-state index contributed by atoms with van der Waals surface area (Å²) in [7, 11) is 1.49. The summed E-state index contributed by atoms with van der Waals surface area (Å²) in [6.45, 7) is 2.27. The zero-order valence-corrected chi connectivity index (χ0v) is 13.8. The third-order valence-corrected chi connectivity index (χ3v) is 3.25. The van der Waals surface area contributed by atoms with Gasteiger partial charge in [-0.1, -0.05) is 16.8 Å². The maximum Gasteiger partial charge on any atom is 0.163 e. The largest absolute Gasteiger partial charge is 0.493 e. The summed E-state index contributed by atoms with van der Waals surface area (Å²) in [6, 6.07) is 9.15. The standard InChI is InChI=1S/C16H14ClFN4O2/c1-3-24-16-8-14(10(9-19)6-15(16)23-2)21-22-20-11-4-5-13(18)12(17)7-11/h4-8H,3H2,1-2H3,(H,20,21). The Kier molecular flexibility index (Phi) is 5.93.